The van der Waals surface area contributed by atoms with Crippen molar-refractivity contribution in [2.24, 2.45) is 5.73 Å². The van der Waals surface area contributed by atoms with Gasteiger partial charge in [0.2, 0.25) is 5.91 Å². The quantitative estimate of drug-likeness (QED) is 0.821. The zero-order chi connectivity index (χ0) is 15.4. The van der Waals surface area contributed by atoms with Gasteiger partial charge >= 0.3 is 0 Å². The molecule has 1 aliphatic rings. The number of hydrogen-bond donors (Lipinski definition) is 2. The first kappa shape index (κ1) is 15.5. The van der Waals surface area contributed by atoms with Crippen LogP contribution in [0.25, 0.3) is 0 Å². The molecule has 1 aromatic heterocycles. The summed E-state index contributed by atoms with van der Waals surface area (Å²) < 4.78 is 10.7. The predicted octanol–water partition coefficient (Wildman–Crippen LogP) is 0.104. The summed E-state index contributed by atoms with van der Waals surface area (Å²) >= 11 is 0. The van der Waals surface area contributed by atoms with Crippen LogP contribution in [0.2, 0.25) is 0 Å². The van der Waals surface area contributed by atoms with Gasteiger partial charge in [0.05, 0.1) is 19.8 Å². The number of furan rings is 1. The van der Waals surface area contributed by atoms with Gasteiger partial charge in [0.15, 0.2) is 5.76 Å². The molecule has 7 nitrogen and oxygen atoms in total. The normalized spacial score (nSPS) is 18.9. The van der Waals surface area contributed by atoms with Crippen LogP contribution in [0.3, 0.4) is 0 Å². The van der Waals surface area contributed by atoms with E-state index in [9.17, 15) is 9.59 Å². The predicted molar refractivity (Wildman–Crippen MR) is 75.5 cm³/mol. The molecule has 7 heteroatoms. The Bertz CT molecular complexity index is 512. The molecule has 1 atom stereocenters. The van der Waals surface area contributed by atoms with Gasteiger partial charge in [-0.1, -0.05) is 0 Å². The van der Waals surface area contributed by atoms with Crippen molar-refractivity contribution in [3.05, 3.63) is 23.7 Å². The van der Waals surface area contributed by atoms with Gasteiger partial charge in [-0.25, -0.2) is 0 Å². The van der Waals surface area contributed by atoms with Crippen LogP contribution in [-0.4, -0.2) is 48.6 Å². The van der Waals surface area contributed by atoms with Crippen LogP contribution in [0.1, 0.15) is 30.2 Å². The lowest BCUT2D eigenvalue weighted by Crippen LogP contribution is -2.56. The molecule has 0 bridgehead atoms. The summed E-state index contributed by atoms with van der Waals surface area (Å²) in [5.74, 6) is 0.194. The molecule has 1 aromatic rings. The summed E-state index contributed by atoms with van der Waals surface area (Å²) in [5.41, 5.74) is 5.47. The van der Waals surface area contributed by atoms with Crippen LogP contribution in [0, 0.1) is 0 Å². The summed E-state index contributed by atoms with van der Waals surface area (Å²) in [7, 11) is 0. The molecule has 2 amide bonds. The first-order chi connectivity index (χ1) is 10.0. The summed E-state index contributed by atoms with van der Waals surface area (Å²) in [5, 5.41) is 2.80. The Kier molecular flexibility index (Phi) is 4.98. The molecule has 1 unspecified atom stereocenters. The highest BCUT2D eigenvalue weighted by Crippen LogP contribution is 2.15. The van der Waals surface area contributed by atoms with Crippen LogP contribution < -0.4 is 11.1 Å². The third-order valence-corrected chi connectivity index (χ3v) is 3.20. The van der Waals surface area contributed by atoms with E-state index in [1.165, 1.54) is 4.90 Å². The van der Waals surface area contributed by atoms with Crippen molar-refractivity contribution in [1.29, 1.82) is 0 Å². The number of carbonyl (C=O) groups is 2. The zero-order valence-corrected chi connectivity index (χ0v) is 12.3. The second-order valence-electron chi connectivity index (χ2n) is 5.22. The summed E-state index contributed by atoms with van der Waals surface area (Å²) in [6.07, 6.45) is 0. The highest BCUT2D eigenvalue weighted by molar-refractivity contribution is 5.95. The molecule has 0 aliphatic carbocycles. The molecule has 1 fully saturated rings. The maximum Gasteiger partial charge on any atom is 0.290 e. The number of ether oxygens (including phenoxy) is 1. The van der Waals surface area contributed by atoms with Gasteiger partial charge in [0.25, 0.3) is 5.91 Å². The SMILES string of the molecule is CC(C)NC(=O)C1COCCN1C(=O)c1ccc(CN)o1. The van der Waals surface area contributed by atoms with Gasteiger partial charge in [-0.3, -0.25) is 9.59 Å². The van der Waals surface area contributed by atoms with E-state index in [-0.39, 0.29) is 36.8 Å². The van der Waals surface area contributed by atoms with Gasteiger partial charge < -0.3 is 25.1 Å². The smallest absolute Gasteiger partial charge is 0.290 e. The number of amides is 2. The Labute approximate surface area is 123 Å². The van der Waals surface area contributed by atoms with Crippen molar-refractivity contribution < 1.29 is 18.7 Å². The van der Waals surface area contributed by atoms with E-state index in [4.69, 9.17) is 14.9 Å². The molecule has 21 heavy (non-hydrogen) atoms. The van der Waals surface area contributed by atoms with Gasteiger partial charge in [-0.2, -0.15) is 0 Å². The van der Waals surface area contributed by atoms with Crippen LogP contribution >= 0.6 is 0 Å². The average Bonchev–Trinajstić information content (AvgIpc) is 2.94. The molecule has 0 saturated carbocycles. The third kappa shape index (κ3) is 3.62. The lowest BCUT2D eigenvalue weighted by molar-refractivity contribution is -0.131. The maximum absolute atomic E-state index is 12.5. The van der Waals surface area contributed by atoms with E-state index < -0.39 is 6.04 Å². The highest BCUT2D eigenvalue weighted by Gasteiger charge is 2.34. The number of carbonyl (C=O) groups excluding carboxylic acids is 2. The molecule has 3 N–H and O–H groups in total. The largest absolute Gasteiger partial charge is 0.455 e. The monoisotopic (exact) mass is 295 g/mol. The van der Waals surface area contributed by atoms with Crippen molar-refractivity contribution in [2.75, 3.05) is 19.8 Å². The molecule has 0 aromatic carbocycles. The van der Waals surface area contributed by atoms with Crippen LogP contribution in [0.4, 0.5) is 0 Å². The van der Waals surface area contributed by atoms with Crippen molar-refractivity contribution in [1.82, 2.24) is 10.2 Å². The molecule has 0 radical (unpaired) electrons. The number of nitrogens with one attached hydrogen (secondary N) is 1. The van der Waals surface area contributed by atoms with E-state index >= 15 is 0 Å². The molecule has 1 saturated heterocycles. The van der Waals surface area contributed by atoms with Crippen molar-refractivity contribution in [3.8, 4) is 0 Å². The summed E-state index contributed by atoms with van der Waals surface area (Å²) in [4.78, 5) is 26.2. The van der Waals surface area contributed by atoms with Crippen molar-refractivity contribution >= 4 is 11.8 Å². The maximum atomic E-state index is 12.5. The zero-order valence-electron chi connectivity index (χ0n) is 12.3. The second kappa shape index (κ2) is 6.73. The van der Waals surface area contributed by atoms with E-state index in [0.29, 0.717) is 18.9 Å². The summed E-state index contributed by atoms with van der Waals surface area (Å²) in [6.45, 7) is 4.92. The van der Waals surface area contributed by atoms with E-state index in [1.807, 2.05) is 13.8 Å². The Morgan fingerprint density at radius 3 is 2.86 bits per heavy atom. The van der Waals surface area contributed by atoms with Gasteiger partial charge in [-0.05, 0) is 26.0 Å². The lowest BCUT2D eigenvalue weighted by Gasteiger charge is -2.34. The molecule has 1 aliphatic heterocycles. The van der Waals surface area contributed by atoms with E-state index in [0.717, 1.165) is 0 Å². The Hall–Kier alpha value is -1.86. The first-order valence-corrected chi connectivity index (χ1v) is 7.00. The number of hydrogen-bond acceptors (Lipinski definition) is 5. The number of morpholine rings is 1. The Balaban J connectivity index is 2.14. The molecule has 0 spiro atoms. The fraction of sp³-hybridized carbons (Fsp3) is 0.571. The second-order valence-corrected chi connectivity index (χ2v) is 5.22. The first-order valence-electron chi connectivity index (χ1n) is 7.00. The van der Waals surface area contributed by atoms with Crippen LogP contribution in [0.15, 0.2) is 16.5 Å². The van der Waals surface area contributed by atoms with E-state index in [1.54, 1.807) is 12.1 Å². The van der Waals surface area contributed by atoms with Crippen LogP contribution in [0.5, 0.6) is 0 Å². The molecule has 2 heterocycles. The van der Waals surface area contributed by atoms with Crippen molar-refractivity contribution in [2.45, 2.75) is 32.5 Å². The standard InChI is InChI=1S/C14H21N3O4/c1-9(2)16-13(18)11-8-20-6-5-17(11)14(19)12-4-3-10(7-15)21-12/h3-4,9,11H,5-8,15H2,1-2H3,(H,16,18). The minimum atomic E-state index is -0.639. The number of nitrogens with zero attached hydrogens (tertiary/aromatic N) is 1. The van der Waals surface area contributed by atoms with Crippen molar-refractivity contribution in [3.63, 3.8) is 0 Å². The number of nitrogens with two attached hydrogens (primary N) is 1. The summed E-state index contributed by atoms with van der Waals surface area (Å²) in [6, 6.07) is 2.61. The fourth-order valence-electron chi connectivity index (χ4n) is 2.19. The Morgan fingerprint density at radius 2 is 2.24 bits per heavy atom. The van der Waals surface area contributed by atoms with Gasteiger partial charge in [0.1, 0.15) is 11.8 Å². The van der Waals surface area contributed by atoms with Gasteiger partial charge in [-0.15, -0.1) is 0 Å². The van der Waals surface area contributed by atoms with Gasteiger partial charge in [0, 0.05) is 12.6 Å². The van der Waals surface area contributed by atoms with Crippen LogP contribution in [-0.2, 0) is 16.1 Å². The number of rotatable bonds is 4. The minimum absolute atomic E-state index is 0.00355. The topological polar surface area (TPSA) is 97.8 Å². The molecule has 116 valence electrons. The molecule has 2 rings (SSSR count). The average molecular weight is 295 g/mol. The highest BCUT2D eigenvalue weighted by atomic mass is 16.5. The third-order valence-electron chi connectivity index (χ3n) is 3.20. The molecular weight excluding hydrogens is 274 g/mol. The van der Waals surface area contributed by atoms with E-state index in [2.05, 4.69) is 5.32 Å². The Morgan fingerprint density at radius 1 is 1.48 bits per heavy atom. The minimum Gasteiger partial charge on any atom is -0.455 e. The lowest BCUT2D eigenvalue weighted by atomic mass is 10.2. The fourth-order valence-corrected chi connectivity index (χ4v) is 2.19. The molecular formula is C14H21N3O4.